The van der Waals surface area contributed by atoms with Gasteiger partial charge in [0.2, 0.25) is 10.0 Å². The molecule has 1 aliphatic heterocycles. The van der Waals surface area contributed by atoms with Gasteiger partial charge in [0, 0.05) is 19.1 Å². The van der Waals surface area contributed by atoms with E-state index in [0.29, 0.717) is 24.6 Å². The van der Waals surface area contributed by atoms with Crippen LogP contribution in [0.25, 0.3) is 0 Å². The Morgan fingerprint density at radius 1 is 1.47 bits per heavy atom. The second-order valence-electron chi connectivity index (χ2n) is 4.19. The topological polar surface area (TPSA) is 76.5 Å². The smallest absolute Gasteiger partial charge is 0.246 e. The number of aryl methyl sites for hydroxylation is 2. The molecular weight excluding hydrogens is 264 g/mol. The maximum atomic E-state index is 12.2. The summed E-state index contributed by atoms with van der Waals surface area (Å²) in [5.74, 6) is 1.05. The first-order valence-electron chi connectivity index (χ1n) is 5.24. The quantitative estimate of drug-likeness (QED) is 0.878. The van der Waals surface area contributed by atoms with Gasteiger partial charge >= 0.3 is 0 Å². The zero-order chi connectivity index (χ0) is 11.9. The van der Waals surface area contributed by atoms with Crippen molar-refractivity contribution in [1.29, 1.82) is 0 Å². The van der Waals surface area contributed by atoms with Gasteiger partial charge in [-0.05, 0) is 26.3 Å². The van der Waals surface area contributed by atoms with Crippen LogP contribution in [0.4, 0.5) is 0 Å². The molecule has 1 fully saturated rings. The third-order valence-corrected chi connectivity index (χ3v) is 4.77. The predicted molar refractivity (Wildman–Crippen MR) is 66.8 cm³/mol. The lowest BCUT2D eigenvalue weighted by atomic mass is 10.3. The lowest BCUT2D eigenvalue weighted by molar-refractivity contribution is 0.464. The zero-order valence-electron chi connectivity index (χ0n) is 9.84. The molecule has 1 aromatic rings. The van der Waals surface area contributed by atoms with Crippen LogP contribution in [-0.4, -0.2) is 31.9 Å². The molecule has 0 unspecified atom stereocenters. The van der Waals surface area contributed by atoms with E-state index in [0.717, 1.165) is 6.42 Å². The molecule has 17 heavy (non-hydrogen) atoms. The van der Waals surface area contributed by atoms with E-state index in [-0.39, 0.29) is 23.3 Å². The first-order chi connectivity index (χ1) is 7.41. The molecule has 5 nitrogen and oxygen atoms in total. The van der Waals surface area contributed by atoms with Crippen molar-refractivity contribution in [3.63, 3.8) is 0 Å². The van der Waals surface area contributed by atoms with E-state index in [4.69, 9.17) is 10.2 Å². The number of nitrogens with zero attached hydrogens (tertiary/aromatic N) is 1. The van der Waals surface area contributed by atoms with Gasteiger partial charge in [-0.3, -0.25) is 0 Å². The summed E-state index contributed by atoms with van der Waals surface area (Å²) in [4.78, 5) is 0.263. The lowest BCUT2D eigenvalue weighted by Crippen LogP contribution is -2.32. The van der Waals surface area contributed by atoms with E-state index in [2.05, 4.69) is 0 Å². The summed E-state index contributed by atoms with van der Waals surface area (Å²) >= 11 is 0. The molecule has 98 valence electrons. The highest BCUT2D eigenvalue weighted by molar-refractivity contribution is 7.89. The van der Waals surface area contributed by atoms with Crippen LogP contribution in [-0.2, 0) is 10.0 Å². The minimum atomic E-state index is -3.42. The summed E-state index contributed by atoms with van der Waals surface area (Å²) in [6.07, 6.45) is 0.717. The summed E-state index contributed by atoms with van der Waals surface area (Å²) in [5.41, 5.74) is 5.71. The Hall–Kier alpha value is -0.560. The minimum absolute atomic E-state index is 0. The monoisotopic (exact) mass is 280 g/mol. The second kappa shape index (κ2) is 4.97. The predicted octanol–water partition coefficient (Wildman–Crippen LogP) is 1.04. The fourth-order valence-corrected chi connectivity index (χ4v) is 3.71. The number of hydrogen-bond donors (Lipinski definition) is 1. The third-order valence-electron chi connectivity index (χ3n) is 2.80. The molecule has 1 aromatic heterocycles. The molecule has 1 aliphatic rings. The first kappa shape index (κ1) is 14.5. The van der Waals surface area contributed by atoms with Crippen molar-refractivity contribution in [1.82, 2.24) is 4.31 Å². The number of rotatable bonds is 2. The Balaban J connectivity index is 0.00000144. The summed E-state index contributed by atoms with van der Waals surface area (Å²) in [5, 5.41) is 0. The Morgan fingerprint density at radius 3 is 2.53 bits per heavy atom. The van der Waals surface area contributed by atoms with Gasteiger partial charge in [0.1, 0.15) is 16.4 Å². The van der Waals surface area contributed by atoms with Crippen LogP contribution < -0.4 is 5.73 Å². The SMILES string of the molecule is Cc1cc(S(=O)(=O)N2CC[C@@H](N)C2)c(C)o1.Cl. The molecule has 7 heteroatoms. The van der Waals surface area contributed by atoms with Crippen LogP contribution in [0, 0.1) is 13.8 Å². The van der Waals surface area contributed by atoms with Crippen LogP contribution in [0.5, 0.6) is 0 Å². The Kier molecular flexibility index (Phi) is 4.24. The van der Waals surface area contributed by atoms with Gasteiger partial charge in [-0.2, -0.15) is 4.31 Å². The highest BCUT2D eigenvalue weighted by Crippen LogP contribution is 2.25. The van der Waals surface area contributed by atoms with Gasteiger partial charge < -0.3 is 10.2 Å². The maximum absolute atomic E-state index is 12.2. The molecular formula is C10H17ClN2O3S. The Labute approximate surface area is 107 Å². The van der Waals surface area contributed by atoms with Crippen LogP contribution in [0.2, 0.25) is 0 Å². The highest BCUT2D eigenvalue weighted by atomic mass is 35.5. The van der Waals surface area contributed by atoms with E-state index < -0.39 is 10.0 Å². The van der Waals surface area contributed by atoms with Crippen LogP contribution in [0.3, 0.4) is 0 Å². The van der Waals surface area contributed by atoms with Crippen LogP contribution >= 0.6 is 12.4 Å². The molecule has 1 atom stereocenters. The van der Waals surface area contributed by atoms with Gasteiger partial charge in [0.05, 0.1) is 0 Å². The van der Waals surface area contributed by atoms with E-state index in [9.17, 15) is 8.42 Å². The second-order valence-corrected chi connectivity index (χ2v) is 6.10. The van der Waals surface area contributed by atoms with Gasteiger partial charge in [-0.1, -0.05) is 0 Å². The average molecular weight is 281 g/mol. The summed E-state index contributed by atoms with van der Waals surface area (Å²) in [6.45, 7) is 4.29. The molecule has 0 amide bonds. The van der Waals surface area contributed by atoms with Gasteiger partial charge in [-0.15, -0.1) is 12.4 Å². The number of furan rings is 1. The highest BCUT2D eigenvalue weighted by Gasteiger charge is 2.33. The fourth-order valence-electron chi connectivity index (χ4n) is 1.97. The largest absolute Gasteiger partial charge is 0.465 e. The van der Waals surface area contributed by atoms with E-state index in [1.165, 1.54) is 4.31 Å². The molecule has 0 aliphatic carbocycles. The summed E-state index contributed by atoms with van der Waals surface area (Å²) in [7, 11) is -3.42. The average Bonchev–Trinajstić information content (AvgIpc) is 2.73. The lowest BCUT2D eigenvalue weighted by Gasteiger charge is -2.14. The maximum Gasteiger partial charge on any atom is 0.246 e. The van der Waals surface area contributed by atoms with Crippen molar-refractivity contribution in [3.8, 4) is 0 Å². The van der Waals surface area contributed by atoms with Crippen molar-refractivity contribution >= 4 is 22.4 Å². The first-order valence-corrected chi connectivity index (χ1v) is 6.68. The summed E-state index contributed by atoms with van der Waals surface area (Å²) in [6, 6.07) is 1.51. The number of sulfonamides is 1. The van der Waals surface area contributed by atoms with Crippen molar-refractivity contribution in [2.75, 3.05) is 13.1 Å². The molecule has 0 saturated carbocycles. The van der Waals surface area contributed by atoms with Gasteiger partial charge in [0.25, 0.3) is 0 Å². The zero-order valence-corrected chi connectivity index (χ0v) is 11.5. The normalized spacial score (nSPS) is 21.5. The van der Waals surface area contributed by atoms with Gasteiger partial charge in [-0.25, -0.2) is 8.42 Å². The molecule has 0 bridgehead atoms. The number of nitrogens with two attached hydrogens (primary N) is 1. The van der Waals surface area contributed by atoms with Crippen molar-refractivity contribution in [3.05, 3.63) is 17.6 Å². The van der Waals surface area contributed by atoms with E-state index in [1.807, 2.05) is 0 Å². The molecule has 2 rings (SSSR count). The molecule has 2 heterocycles. The van der Waals surface area contributed by atoms with Crippen molar-refractivity contribution < 1.29 is 12.8 Å². The fraction of sp³-hybridized carbons (Fsp3) is 0.600. The van der Waals surface area contributed by atoms with Gasteiger partial charge in [0.15, 0.2) is 0 Å². The number of halogens is 1. The molecule has 0 aromatic carbocycles. The van der Waals surface area contributed by atoms with Crippen molar-refractivity contribution in [2.24, 2.45) is 5.73 Å². The standard InChI is InChI=1S/C10H16N2O3S.ClH/c1-7-5-10(8(2)15-7)16(13,14)12-4-3-9(11)6-12;/h5,9H,3-4,6,11H2,1-2H3;1H/t9-;/m1./s1. The van der Waals surface area contributed by atoms with E-state index >= 15 is 0 Å². The van der Waals surface area contributed by atoms with Crippen LogP contribution in [0.15, 0.2) is 15.4 Å². The van der Waals surface area contributed by atoms with E-state index in [1.54, 1.807) is 19.9 Å². The van der Waals surface area contributed by atoms with Crippen molar-refractivity contribution in [2.45, 2.75) is 31.2 Å². The minimum Gasteiger partial charge on any atom is -0.465 e. The van der Waals surface area contributed by atoms with Crippen LogP contribution in [0.1, 0.15) is 17.9 Å². The molecule has 0 radical (unpaired) electrons. The summed E-state index contributed by atoms with van der Waals surface area (Å²) < 4.78 is 31.1. The molecule has 2 N–H and O–H groups in total. The molecule has 0 spiro atoms. The third kappa shape index (κ3) is 2.65. The molecule has 1 saturated heterocycles. The Morgan fingerprint density at radius 2 is 2.12 bits per heavy atom. The Bertz CT molecular complexity index is 498. The number of hydrogen-bond acceptors (Lipinski definition) is 4.